The Morgan fingerprint density at radius 3 is 1.75 bits per heavy atom. The summed E-state index contributed by atoms with van der Waals surface area (Å²) in [6.45, 7) is 0. The number of aromatic nitrogens is 1. The van der Waals surface area contributed by atoms with Gasteiger partial charge in [-0.2, -0.15) is 4.98 Å². The molecule has 0 saturated heterocycles. The van der Waals surface area contributed by atoms with Crippen molar-refractivity contribution >= 4 is 0 Å². The Hall–Kier alpha value is -1.45. The molecule has 0 amide bonds. The van der Waals surface area contributed by atoms with Crippen molar-refractivity contribution in [2.45, 2.75) is 0 Å². The van der Waals surface area contributed by atoms with Crippen molar-refractivity contribution in [1.29, 1.82) is 0 Å². The molecule has 0 aliphatic heterocycles. The molecule has 0 bridgehead atoms. The van der Waals surface area contributed by atoms with E-state index in [1.54, 1.807) is 33.5 Å². The molecule has 1 heterocycles. The number of methoxy groups -OCH3 is 3. The smallest absolute Gasteiger partial charge is 0.220 e. The van der Waals surface area contributed by atoms with Gasteiger partial charge in [0.2, 0.25) is 11.8 Å². The van der Waals surface area contributed by atoms with Gasteiger partial charge in [0, 0.05) is 12.1 Å². The van der Waals surface area contributed by atoms with Crippen molar-refractivity contribution in [3.05, 3.63) is 12.1 Å². The molecule has 0 spiro atoms. The summed E-state index contributed by atoms with van der Waals surface area (Å²) >= 11 is 0. The van der Waals surface area contributed by atoms with Crippen LogP contribution >= 0.6 is 0 Å². The monoisotopic (exact) mass is 169 g/mol. The Kier molecular flexibility index (Phi) is 2.74. The predicted molar refractivity (Wildman–Crippen MR) is 43.9 cm³/mol. The Labute approximate surface area is 71.1 Å². The molecule has 66 valence electrons. The molecule has 0 unspecified atom stereocenters. The van der Waals surface area contributed by atoms with Crippen molar-refractivity contribution in [3.63, 3.8) is 0 Å². The highest BCUT2D eigenvalue weighted by Crippen LogP contribution is 2.22. The van der Waals surface area contributed by atoms with E-state index in [0.717, 1.165) is 0 Å². The molecule has 0 aliphatic carbocycles. The van der Waals surface area contributed by atoms with Crippen LogP contribution in [0.5, 0.6) is 17.5 Å². The molecule has 1 aromatic rings. The van der Waals surface area contributed by atoms with E-state index in [9.17, 15) is 0 Å². The topological polar surface area (TPSA) is 40.6 Å². The zero-order valence-corrected chi connectivity index (χ0v) is 7.33. The fourth-order valence-corrected chi connectivity index (χ4v) is 0.785. The maximum Gasteiger partial charge on any atom is 0.220 e. The molecule has 12 heavy (non-hydrogen) atoms. The molecule has 0 saturated carbocycles. The Balaban J connectivity index is 3.01. The maximum absolute atomic E-state index is 5.00. The Morgan fingerprint density at radius 2 is 1.42 bits per heavy atom. The molecule has 1 rings (SSSR count). The highest BCUT2D eigenvalue weighted by Gasteiger charge is 2.01. The van der Waals surface area contributed by atoms with E-state index in [1.807, 2.05) is 0 Å². The van der Waals surface area contributed by atoms with Crippen LogP contribution in [0, 0.1) is 0 Å². The number of hydrogen-bond acceptors (Lipinski definition) is 4. The SMILES string of the molecule is COc1cc(OC)nc(OC)c1. The highest BCUT2D eigenvalue weighted by molar-refractivity contribution is 5.33. The van der Waals surface area contributed by atoms with E-state index in [0.29, 0.717) is 17.5 Å². The first-order chi connectivity index (χ1) is 5.80. The van der Waals surface area contributed by atoms with Gasteiger partial charge in [0.25, 0.3) is 0 Å². The van der Waals surface area contributed by atoms with Gasteiger partial charge in [-0.3, -0.25) is 0 Å². The van der Waals surface area contributed by atoms with Crippen LogP contribution in [-0.2, 0) is 0 Å². The van der Waals surface area contributed by atoms with Gasteiger partial charge in [-0.05, 0) is 0 Å². The van der Waals surface area contributed by atoms with Gasteiger partial charge < -0.3 is 14.2 Å². The molecule has 0 radical (unpaired) electrons. The van der Waals surface area contributed by atoms with Crippen molar-refractivity contribution in [2.24, 2.45) is 0 Å². The minimum atomic E-state index is 0.478. The molecule has 0 aliphatic rings. The quantitative estimate of drug-likeness (QED) is 0.679. The second-order valence-corrected chi connectivity index (χ2v) is 2.09. The van der Waals surface area contributed by atoms with Crippen LogP contribution in [0.4, 0.5) is 0 Å². The summed E-state index contributed by atoms with van der Waals surface area (Å²) in [4.78, 5) is 3.99. The summed E-state index contributed by atoms with van der Waals surface area (Å²) in [5, 5.41) is 0. The number of pyridine rings is 1. The molecule has 4 heteroatoms. The summed E-state index contributed by atoms with van der Waals surface area (Å²) in [5.41, 5.74) is 0. The van der Waals surface area contributed by atoms with Crippen molar-refractivity contribution in [3.8, 4) is 17.5 Å². The highest BCUT2D eigenvalue weighted by atomic mass is 16.5. The molecular formula is C8H11NO3. The van der Waals surface area contributed by atoms with E-state index >= 15 is 0 Å². The molecule has 0 fully saturated rings. The summed E-state index contributed by atoms with van der Waals surface area (Å²) in [6, 6.07) is 3.37. The summed E-state index contributed by atoms with van der Waals surface area (Å²) in [6.07, 6.45) is 0. The maximum atomic E-state index is 5.00. The second-order valence-electron chi connectivity index (χ2n) is 2.09. The van der Waals surface area contributed by atoms with Gasteiger partial charge in [0.1, 0.15) is 5.75 Å². The van der Waals surface area contributed by atoms with E-state index in [2.05, 4.69) is 4.98 Å². The average molecular weight is 169 g/mol. The normalized spacial score (nSPS) is 9.25. The van der Waals surface area contributed by atoms with Crippen LogP contribution in [0.3, 0.4) is 0 Å². The van der Waals surface area contributed by atoms with Gasteiger partial charge in [-0.15, -0.1) is 0 Å². The number of rotatable bonds is 3. The molecule has 1 aromatic heterocycles. The van der Waals surface area contributed by atoms with E-state index < -0.39 is 0 Å². The van der Waals surface area contributed by atoms with Crippen LogP contribution in [0.1, 0.15) is 0 Å². The van der Waals surface area contributed by atoms with Crippen LogP contribution in [0.2, 0.25) is 0 Å². The van der Waals surface area contributed by atoms with Crippen LogP contribution in [0.25, 0.3) is 0 Å². The summed E-state index contributed by atoms with van der Waals surface area (Å²) in [5.74, 6) is 1.62. The van der Waals surface area contributed by atoms with E-state index in [-0.39, 0.29) is 0 Å². The second kappa shape index (κ2) is 3.80. The fourth-order valence-electron chi connectivity index (χ4n) is 0.785. The molecular weight excluding hydrogens is 158 g/mol. The third-order valence-electron chi connectivity index (χ3n) is 1.41. The molecule has 0 atom stereocenters. The van der Waals surface area contributed by atoms with Crippen molar-refractivity contribution in [2.75, 3.05) is 21.3 Å². The van der Waals surface area contributed by atoms with E-state index in [1.165, 1.54) is 0 Å². The average Bonchev–Trinajstić information content (AvgIpc) is 2.16. The standard InChI is InChI=1S/C8H11NO3/c1-10-6-4-7(11-2)9-8(5-6)12-3/h4-5H,1-3H3. The van der Waals surface area contributed by atoms with Crippen LogP contribution in [-0.4, -0.2) is 26.3 Å². The lowest BCUT2D eigenvalue weighted by atomic mass is 10.4. The largest absolute Gasteiger partial charge is 0.496 e. The number of hydrogen-bond donors (Lipinski definition) is 0. The lowest BCUT2D eigenvalue weighted by molar-refractivity contribution is 0.351. The lowest BCUT2D eigenvalue weighted by Crippen LogP contribution is -1.93. The van der Waals surface area contributed by atoms with Crippen LogP contribution in [0.15, 0.2) is 12.1 Å². The first-order valence-electron chi connectivity index (χ1n) is 3.44. The Morgan fingerprint density at radius 1 is 0.917 bits per heavy atom. The fraction of sp³-hybridized carbons (Fsp3) is 0.375. The zero-order chi connectivity index (χ0) is 8.97. The molecule has 4 nitrogen and oxygen atoms in total. The van der Waals surface area contributed by atoms with Gasteiger partial charge in [-0.1, -0.05) is 0 Å². The van der Waals surface area contributed by atoms with Gasteiger partial charge in [0.15, 0.2) is 0 Å². The van der Waals surface area contributed by atoms with Gasteiger partial charge in [0.05, 0.1) is 21.3 Å². The number of ether oxygens (including phenoxy) is 3. The summed E-state index contributed by atoms with van der Waals surface area (Å²) < 4.78 is 14.9. The van der Waals surface area contributed by atoms with Crippen molar-refractivity contribution < 1.29 is 14.2 Å². The Bertz CT molecular complexity index is 207. The lowest BCUT2D eigenvalue weighted by Gasteiger charge is -2.05. The summed E-state index contributed by atoms with van der Waals surface area (Å²) in [7, 11) is 4.66. The first kappa shape index (κ1) is 8.64. The minimum absolute atomic E-state index is 0.478. The molecule has 0 N–H and O–H groups in total. The van der Waals surface area contributed by atoms with E-state index in [4.69, 9.17) is 14.2 Å². The van der Waals surface area contributed by atoms with Gasteiger partial charge >= 0.3 is 0 Å². The van der Waals surface area contributed by atoms with Gasteiger partial charge in [-0.25, -0.2) is 0 Å². The minimum Gasteiger partial charge on any atom is -0.496 e. The van der Waals surface area contributed by atoms with Crippen molar-refractivity contribution in [1.82, 2.24) is 4.98 Å². The third kappa shape index (κ3) is 1.78. The first-order valence-corrected chi connectivity index (χ1v) is 3.44. The molecule has 0 aromatic carbocycles. The number of nitrogens with zero attached hydrogens (tertiary/aromatic N) is 1. The predicted octanol–water partition coefficient (Wildman–Crippen LogP) is 1.11. The zero-order valence-electron chi connectivity index (χ0n) is 7.33. The third-order valence-corrected chi connectivity index (χ3v) is 1.41. The van der Waals surface area contributed by atoms with Crippen LogP contribution < -0.4 is 14.2 Å².